The van der Waals surface area contributed by atoms with Crippen LogP contribution < -0.4 is 0 Å². The Labute approximate surface area is 128 Å². The summed E-state index contributed by atoms with van der Waals surface area (Å²) in [6, 6.07) is 6.32. The van der Waals surface area contributed by atoms with Gasteiger partial charge in [0.25, 0.3) is 0 Å². The van der Waals surface area contributed by atoms with Crippen LogP contribution in [0.4, 0.5) is 0 Å². The highest BCUT2D eigenvalue weighted by Gasteiger charge is 2.54. The van der Waals surface area contributed by atoms with Crippen molar-refractivity contribution in [3.8, 4) is 0 Å². The number of hydrogen-bond donors (Lipinski definition) is 1. The molecular formula is C13H17Cl2O4P. The maximum Gasteiger partial charge on any atom is 0.367 e. The van der Waals surface area contributed by atoms with Crippen LogP contribution in [0.3, 0.4) is 0 Å². The lowest BCUT2D eigenvalue weighted by atomic mass is 9.97. The average molecular weight is 339 g/mol. The molecule has 1 atom stereocenters. The molecule has 1 aromatic carbocycles. The Balaban J connectivity index is 2.36. The number of hydrogen-bond acceptors (Lipinski definition) is 4. The van der Waals surface area contributed by atoms with Gasteiger partial charge < -0.3 is 14.2 Å². The number of aliphatic hydroxyl groups is 1. The Bertz CT molecular complexity index is 518. The quantitative estimate of drug-likeness (QED) is 0.668. The van der Waals surface area contributed by atoms with E-state index in [4.69, 9.17) is 32.2 Å². The molecule has 0 spiro atoms. The predicted molar refractivity (Wildman–Crippen MR) is 79.4 cm³/mol. The third kappa shape index (κ3) is 2.92. The fraction of sp³-hybridized carbons (Fsp3) is 0.538. The molecule has 4 nitrogen and oxygen atoms in total. The molecule has 7 heteroatoms. The summed E-state index contributed by atoms with van der Waals surface area (Å²) in [6.45, 7) is 4.32. The zero-order valence-corrected chi connectivity index (χ0v) is 13.7. The minimum Gasteiger partial charge on any atom is -0.372 e. The van der Waals surface area contributed by atoms with E-state index in [0.29, 0.717) is 10.6 Å². The Hall–Kier alpha value is -0.0900. The molecule has 1 aliphatic heterocycles. The number of benzene rings is 1. The lowest BCUT2D eigenvalue weighted by Gasteiger charge is -2.40. The lowest BCUT2D eigenvalue weighted by Crippen LogP contribution is -2.38. The van der Waals surface area contributed by atoms with Gasteiger partial charge in [-0.2, -0.15) is 0 Å². The number of rotatable bonds is 3. The first kappa shape index (κ1) is 16.3. The number of alkyl halides is 1. The van der Waals surface area contributed by atoms with E-state index in [2.05, 4.69) is 0 Å². The summed E-state index contributed by atoms with van der Waals surface area (Å²) in [6.07, 6.45) is 0. The van der Waals surface area contributed by atoms with Crippen LogP contribution in [0, 0.1) is 5.41 Å². The van der Waals surface area contributed by atoms with Crippen LogP contribution in [0.5, 0.6) is 0 Å². The molecule has 1 aliphatic rings. The van der Waals surface area contributed by atoms with Crippen molar-refractivity contribution in [2.75, 3.05) is 19.1 Å². The first-order valence-electron chi connectivity index (χ1n) is 6.16. The van der Waals surface area contributed by atoms with E-state index >= 15 is 0 Å². The topological polar surface area (TPSA) is 55.8 Å². The zero-order chi connectivity index (χ0) is 15.0. The fourth-order valence-corrected chi connectivity index (χ4v) is 4.71. The second-order valence-corrected chi connectivity index (χ2v) is 8.62. The first-order valence-corrected chi connectivity index (χ1v) is 8.62. The van der Waals surface area contributed by atoms with Crippen molar-refractivity contribution in [3.05, 3.63) is 34.9 Å². The summed E-state index contributed by atoms with van der Waals surface area (Å²) in [7, 11) is -3.77. The van der Waals surface area contributed by atoms with E-state index in [-0.39, 0.29) is 24.5 Å². The Kier molecular flexibility index (Phi) is 4.56. The van der Waals surface area contributed by atoms with Gasteiger partial charge in [-0.05, 0) is 17.7 Å². The smallest absolute Gasteiger partial charge is 0.367 e. The van der Waals surface area contributed by atoms with Crippen molar-refractivity contribution in [3.63, 3.8) is 0 Å². The minimum absolute atomic E-state index is 0.233. The van der Waals surface area contributed by atoms with Gasteiger partial charge in [0.05, 0.1) is 19.1 Å². The van der Waals surface area contributed by atoms with E-state index in [1.165, 1.54) is 0 Å². The molecule has 0 amide bonds. The Morgan fingerprint density at radius 2 is 1.80 bits per heavy atom. The van der Waals surface area contributed by atoms with Crippen molar-refractivity contribution in [1.82, 2.24) is 0 Å². The van der Waals surface area contributed by atoms with E-state index < -0.39 is 12.9 Å². The van der Waals surface area contributed by atoms with Crippen molar-refractivity contribution < 1.29 is 18.7 Å². The van der Waals surface area contributed by atoms with Gasteiger partial charge in [0.2, 0.25) is 5.34 Å². The van der Waals surface area contributed by atoms with E-state index in [9.17, 15) is 9.67 Å². The predicted octanol–water partition coefficient (Wildman–Crippen LogP) is 3.99. The van der Waals surface area contributed by atoms with Crippen molar-refractivity contribution >= 4 is 30.8 Å². The van der Waals surface area contributed by atoms with Crippen LogP contribution in [-0.2, 0) is 19.0 Å². The third-order valence-electron chi connectivity index (χ3n) is 3.20. The van der Waals surface area contributed by atoms with Crippen molar-refractivity contribution in [2.45, 2.75) is 19.2 Å². The van der Waals surface area contributed by atoms with Crippen LogP contribution in [0.2, 0.25) is 5.02 Å². The second-order valence-electron chi connectivity index (χ2n) is 5.67. The molecule has 0 unspecified atom stereocenters. The Morgan fingerprint density at radius 3 is 2.25 bits per heavy atom. The molecule has 1 fully saturated rings. The zero-order valence-electron chi connectivity index (χ0n) is 11.3. The van der Waals surface area contributed by atoms with Gasteiger partial charge in [-0.1, -0.05) is 37.6 Å². The molecule has 0 bridgehead atoms. The lowest BCUT2D eigenvalue weighted by molar-refractivity contribution is 0.00142. The summed E-state index contributed by atoms with van der Waals surface area (Å²) in [5.41, 5.74) is 0.112. The molecule has 1 saturated heterocycles. The van der Waals surface area contributed by atoms with Gasteiger partial charge in [0.1, 0.15) is 0 Å². The summed E-state index contributed by atoms with van der Waals surface area (Å²) in [5.74, 6) is -0.299. The summed E-state index contributed by atoms with van der Waals surface area (Å²) in [4.78, 5) is 0. The van der Waals surface area contributed by atoms with Gasteiger partial charge in [-0.15, -0.1) is 11.6 Å². The first-order chi connectivity index (χ1) is 9.22. The van der Waals surface area contributed by atoms with Gasteiger partial charge in [-0.3, -0.25) is 4.57 Å². The molecule has 0 saturated carbocycles. The molecule has 0 aliphatic carbocycles. The molecule has 1 aromatic rings. The summed E-state index contributed by atoms with van der Waals surface area (Å²) in [5, 5.41) is 9.38. The van der Waals surface area contributed by atoms with Gasteiger partial charge in [0, 0.05) is 10.4 Å². The average Bonchev–Trinajstić information content (AvgIpc) is 2.42. The largest absolute Gasteiger partial charge is 0.372 e. The van der Waals surface area contributed by atoms with Crippen LogP contribution in [0.25, 0.3) is 0 Å². The van der Waals surface area contributed by atoms with Crippen molar-refractivity contribution in [1.29, 1.82) is 0 Å². The monoisotopic (exact) mass is 338 g/mol. The third-order valence-corrected chi connectivity index (χ3v) is 6.28. The van der Waals surface area contributed by atoms with Crippen LogP contribution >= 0.6 is 30.8 Å². The van der Waals surface area contributed by atoms with E-state index in [1.54, 1.807) is 24.3 Å². The summed E-state index contributed by atoms with van der Waals surface area (Å²) >= 11 is 11.7. The fourth-order valence-electron chi connectivity index (χ4n) is 1.84. The maximum atomic E-state index is 12.8. The highest BCUT2D eigenvalue weighted by Crippen LogP contribution is 2.66. The molecule has 1 N–H and O–H groups in total. The molecule has 112 valence electrons. The van der Waals surface area contributed by atoms with Crippen molar-refractivity contribution in [2.24, 2.45) is 5.41 Å². The molecule has 20 heavy (non-hydrogen) atoms. The van der Waals surface area contributed by atoms with Gasteiger partial charge in [-0.25, -0.2) is 0 Å². The SMILES string of the molecule is CC1(C)COP(=O)([C@@](O)(CCl)c2ccc(Cl)cc2)OC1. The van der Waals surface area contributed by atoms with E-state index in [1.807, 2.05) is 13.8 Å². The van der Waals surface area contributed by atoms with Gasteiger partial charge >= 0.3 is 7.60 Å². The van der Waals surface area contributed by atoms with Crippen LogP contribution in [0.15, 0.2) is 24.3 Å². The van der Waals surface area contributed by atoms with Crippen LogP contribution in [0.1, 0.15) is 19.4 Å². The highest BCUT2D eigenvalue weighted by molar-refractivity contribution is 7.55. The minimum atomic E-state index is -3.77. The highest BCUT2D eigenvalue weighted by atomic mass is 35.5. The molecule has 0 aromatic heterocycles. The Morgan fingerprint density at radius 1 is 1.30 bits per heavy atom. The standard InChI is InChI=1S/C13H17Cl2O4P/c1-12(2)8-18-20(17,19-9-12)13(16,7-14)10-3-5-11(15)6-4-10/h3-6,16H,7-9H2,1-2H3/t13-/m0/s1. The maximum absolute atomic E-state index is 12.8. The summed E-state index contributed by atoms with van der Waals surface area (Å²) < 4.78 is 23.6. The van der Waals surface area contributed by atoms with E-state index in [0.717, 1.165) is 0 Å². The molecule has 1 heterocycles. The molecule has 2 rings (SSSR count). The molecular weight excluding hydrogens is 322 g/mol. The molecule has 0 radical (unpaired) electrons. The normalized spacial score (nSPS) is 24.1. The van der Waals surface area contributed by atoms with Gasteiger partial charge in [0.15, 0.2) is 0 Å². The second kappa shape index (κ2) is 5.60. The number of halogens is 2. The van der Waals surface area contributed by atoms with Crippen LogP contribution in [-0.4, -0.2) is 24.2 Å².